The number of halogens is 1. The lowest BCUT2D eigenvalue weighted by atomic mass is 10.00. The Balaban J connectivity index is 0.00000156. The molecular weight excluding hydrogens is 308 g/mol. The van der Waals surface area contributed by atoms with Crippen molar-refractivity contribution in [3.63, 3.8) is 0 Å². The number of rotatable bonds is 2. The third kappa shape index (κ3) is 2.96. The zero-order valence-electron chi connectivity index (χ0n) is 13.4. The first kappa shape index (κ1) is 16.3. The van der Waals surface area contributed by atoms with Crippen LogP contribution in [0.1, 0.15) is 24.8 Å². The van der Waals surface area contributed by atoms with Gasteiger partial charge in [0.25, 0.3) is 0 Å². The lowest BCUT2D eigenvalue weighted by Gasteiger charge is -2.34. The van der Waals surface area contributed by atoms with Crippen LogP contribution in [0.15, 0.2) is 42.5 Å². The summed E-state index contributed by atoms with van der Waals surface area (Å²) in [6.45, 7) is 4.82. The molecule has 0 bridgehead atoms. The minimum atomic E-state index is 0. The molecule has 0 spiro atoms. The van der Waals surface area contributed by atoms with E-state index in [1.54, 1.807) is 0 Å². The van der Waals surface area contributed by atoms with Gasteiger partial charge in [0.2, 0.25) is 5.91 Å². The van der Waals surface area contributed by atoms with E-state index in [0.29, 0.717) is 17.9 Å². The lowest BCUT2D eigenvalue weighted by molar-refractivity contribution is -0.135. The predicted octanol–water partition coefficient (Wildman–Crippen LogP) is 3.19. The van der Waals surface area contributed by atoms with Crippen molar-refractivity contribution in [2.24, 2.45) is 5.92 Å². The molecule has 23 heavy (non-hydrogen) atoms. The largest absolute Gasteiger partial charge is 0.337 e. The second-order valence-corrected chi connectivity index (χ2v) is 6.60. The average Bonchev–Trinajstić information content (AvgIpc) is 3.35. The highest BCUT2D eigenvalue weighted by Crippen LogP contribution is 2.50. The molecule has 1 amide bonds. The Hall–Kier alpha value is -1.58. The summed E-state index contributed by atoms with van der Waals surface area (Å²) in [6.07, 6.45) is 1.00. The van der Waals surface area contributed by atoms with Crippen LogP contribution in [0.4, 0.5) is 0 Å². The molecule has 122 valence electrons. The maximum atomic E-state index is 12.8. The topological polar surface area (TPSA) is 32.3 Å². The SMILES string of the molecule is C[C@H]1CNCCN1C(=O)C1CC1c1cccc2ccccc12.Cl. The number of carbonyl (C=O) groups excluding carboxylic acids is 1. The standard InChI is InChI=1S/C19H22N2O.ClH/c1-13-12-20-9-10-21(13)19(22)18-11-17(18)16-8-4-6-14-5-2-3-7-15(14)16;/h2-8,13,17-18,20H,9-12H2,1H3;1H/t13-,17?,18?;/m0./s1. The summed E-state index contributed by atoms with van der Waals surface area (Å²) in [5, 5.41) is 5.93. The van der Waals surface area contributed by atoms with Crippen LogP contribution in [0.25, 0.3) is 10.8 Å². The number of piperazine rings is 1. The van der Waals surface area contributed by atoms with Gasteiger partial charge in [-0.25, -0.2) is 0 Å². The minimum absolute atomic E-state index is 0. The van der Waals surface area contributed by atoms with Crippen LogP contribution in [-0.2, 0) is 4.79 Å². The molecule has 1 aliphatic heterocycles. The molecule has 4 heteroatoms. The van der Waals surface area contributed by atoms with Crippen LogP contribution in [0.2, 0.25) is 0 Å². The molecule has 1 saturated heterocycles. The average molecular weight is 331 g/mol. The Bertz CT molecular complexity index is 712. The molecule has 2 aromatic rings. The quantitative estimate of drug-likeness (QED) is 0.917. The van der Waals surface area contributed by atoms with Gasteiger partial charge in [-0.15, -0.1) is 12.4 Å². The number of carbonyl (C=O) groups is 1. The summed E-state index contributed by atoms with van der Waals surface area (Å²) in [5.41, 5.74) is 1.35. The molecule has 0 radical (unpaired) electrons. The number of benzene rings is 2. The Morgan fingerprint density at radius 3 is 2.78 bits per heavy atom. The first-order valence-electron chi connectivity index (χ1n) is 8.24. The molecule has 1 N–H and O–H groups in total. The molecule has 4 rings (SSSR count). The van der Waals surface area contributed by atoms with Crippen molar-refractivity contribution < 1.29 is 4.79 Å². The number of hydrogen-bond acceptors (Lipinski definition) is 2. The molecule has 1 aliphatic carbocycles. The predicted molar refractivity (Wildman–Crippen MR) is 96.1 cm³/mol. The Morgan fingerprint density at radius 1 is 1.17 bits per heavy atom. The number of fused-ring (bicyclic) bond motifs is 1. The molecule has 2 aromatic carbocycles. The Morgan fingerprint density at radius 2 is 1.96 bits per heavy atom. The van der Waals surface area contributed by atoms with Crippen molar-refractivity contribution in [2.45, 2.75) is 25.3 Å². The van der Waals surface area contributed by atoms with E-state index >= 15 is 0 Å². The van der Waals surface area contributed by atoms with Gasteiger partial charge in [-0.1, -0.05) is 42.5 Å². The highest BCUT2D eigenvalue weighted by molar-refractivity contribution is 5.89. The van der Waals surface area contributed by atoms with Crippen LogP contribution in [0, 0.1) is 5.92 Å². The van der Waals surface area contributed by atoms with Gasteiger partial charge in [0, 0.05) is 31.6 Å². The van der Waals surface area contributed by atoms with E-state index in [9.17, 15) is 4.79 Å². The van der Waals surface area contributed by atoms with Gasteiger partial charge in [0.1, 0.15) is 0 Å². The molecule has 0 aromatic heterocycles. The third-order valence-corrected chi connectivity index (χ3v) is 5.11. The van der Waals surface area contributed by atoms with Crippen LogP contribution >= 0.6 is 12.4 Å². The van der Waals surface area contributed by atoms with Gasteiger partial charge in [0.05, 0.1) is 0 Å². The van der Waals surface area contributed by atoms with Crippen LogP contribution in [-0.4, -0.2) is 36.5 Å². The first-order chi connectivity index (χ1) is 10.8. The van der Waals surface area contributed by atoms with Crippen molar-refractivity contribution in [1.82, 2.24) is 10.2 Å². The van der Waals surface area contributed by atoms with Gasteiger partial charge in [0.15, 0.2) is 0 Å². The molecule has 2 unspecified atom stereocenters. The summed E-state index contributed by atoms with van der Waals surface area (Å²) in [7, 11) is 0. The van der Waals surface area contributed by atoms with Crippen LogP contribution in [0.3, 0.4) is 0 Å². The maximum Gasteiger partial charge on any atom is 0.226 e. The van der Waals surface area contributed by atoms with E-state index in [4.69, 9.17) is 0 Å². The highest BCUT2D eigenvalue weighted by Gasteiger charge is 2.47. The fraction of sp³-hybridized carbons (Fsp3) is 0.421. The molecule has 3 nitrogen and oxygen atoms in total. The van der Waals surface area contributed by atoms with E-state index in [0.717, 1.165) is 26.1 Å². The summed E-state index contributed by atoms with van der Waals surface area (Å²) in [5.74, 6) is 0.943. The fourth-order valence-corrected chi connectivity index (χ4v) is 3.77. The molecular formula is C19H23ClN2O. The molecule has 2 aliphatic rings. The van der Waals surface area contributed by atoms with Crippen molar-refractivity contribution in [2.75, 3.05) is 19.6 Å². The van der Waals surface area contributed by atoms with E-state index in [2.05, 4.69) is 59.6 Å². The van der Waals surface area contributed by atoms with Crippen molar-refractivity contribution >= 4 is 29.1 Å². The van der Waals surface area contributed by atoms with Gasteiger partial charge in [-0.2, -0.15) is 0 Å². The second-order valence-electron chi connectivity index (χ2n) is 6.60. The first-order valence-corrected chi connectivity index (χ1v) is 8.24. The molecule has 2 fully saturated rings. The van der Waals surface area contributed by atoms with Gasteiger partial charge < -0.3 is 10.2 Å². The monoisotopic (exact) mass is 330 g/mol. The smallest absolute Gasteiger partial charge is 0.226 e. The zero-order valence-corrected chi connectivity index (χ0v) is 14.2. The van der Waals surface area contributed by atoms with Crippen LogP contribution < -0.4 is 5.32 Å². The van der Waals surface area contributed by atoms with Crippen LogP contribution in [0.5, 0.6) is 0 Å². The van der Waals surface area contributed by atoms with E-state index < -0.39 is 0 Å². The maximum absolute atomic E-state index is 12.8. The number of nitrogens with one attached hydrogen (secondary N) is 1. The van der Waals surface area contributed by atoms with Gasteiger partial charge in [-0.05, 0) is 35.6 Å². The molecule has 3 atom stereocenters. The van der Waals surface area contributed by atoms with Crippen molar-refractivity contribution in [3.8, 4) is 0 Å². The normalized spacial score (nSPS) is 26.7. The molecule has 1 heterocycles. The number of amides is 1. The molecule has 1 saturated carbocycles. The highest BCUT2D eigenvalue weighted by atomic mass is 35.5. The lowest BCUT2D eigenvalue weighted by Crippen LogP contribution is -2.52. The Labute approximate surface area is 143 Å². The van der Waals surface area contributed by atoms with Gasteiger partial charge >= 0.3 is 0 Å². The summed E-state index contributed by atoms with van der Waals surface area (Å²) >= 11 is 0. The number of hydrogen-bond donors (Lipinski definition) is 1. The minimum Gasteiger partial charge on any atom is -0.337 e. The van der Waals surface area contributed by atoms with E-state index in [1.807, 2.05) is 0 Å². The van der Waals surface area contributed by atoms with Crippen molar-refractivity contribution in [3.05, 3.63) is 48.0 Å². The van der Waals surface area contributed by atoms with E-state index in [-0.39, 0.29) is 18.3 Å². The zero-order chi connectivity index (χ0) is 15.1. The van der Waals surface area contributed by atoms with E-state index in [1.165, 1.54) is 16.3 Å². The van der Waals surface area contributed by atoms with Crippen molar-refractivity contribution in [1.29, 1.82) is 0 Å². The Kier molecular flexibility index (Phi) is 4.60. The summed E-state index contributed by atoms with van der Waals surface area (Å²) < 4.78 is 0. The third-order valence-electron chi connectivity index (χ3n) is 5.11. The van der Waals surface area contributed by atoms with Gasteiger partial charge in [-0.3, -0.25) is 4.79 Å². The fourth-order valence-electron chi connectivity index (χ4n) is 3.77. The summed E-state index contributed by atoms with van der Waals surface area (Å²) in [4.78, 5) is 14.9. The number of nitrogens with zero attached hydrogens (tertiary/aromatic N) is 1. The second kappa shape index (κ2) is 6.50. The summed E-state index contributed by atoms with van der Waals surface area (Å²) in [6, 6.07) is 15.3.